The van der Waals surface area contributed by atoms with Gasteiger partial charge in [-0.15, -0.1) is 10.2 Å². The van der Waals surface area contributed by atoms with Crippen molar-refractivity contribution < 1.29 is 9.21 Å². The van der Waals surface area contributed by atoms with E-state index in [0.29, 0.717) is 29.8 Å². The van der Waals surface area contributed by atoms with E-state index in [1.165, 1.54) is 11.8 Å². The molecule has 0 aliphatic heterocycles. The summed E-state index contributed by atoms with van der Waals surface area (Å²) in [4.78, 5) is 11.2. The Morgan fingerprint density at radius 3 is 2.81 bits per heavy atom. The van der Waals surface area contributed by atoms with Crippen LogP contribution in [0.5, 0.6) is 0 Å². The Balaban J connectivity index is 2.29. The fourth-order valence-electron chi connectivity index (χ4n) is 1.03. The smallest absolute Gasteiger partial charge is 0.276 e. The van der Waals surface area contributed by atoms with Crippen LogP contribution in [0.3, 0.4) is 0 Å². The number of nitrogens with zero attached hydrogens (tertiary/aromatic N) is 2. The highest BCUT2D eigenvalue weighted by molar-refractivity contribution is 7.99. The molecule has 5 nitrogen and oxygen atoms in total. The summed E-state index contributed by atoms with van der Waals surface area (Å²) in [6.45, 7) is 6.56. The first-order valence-corrected chi connectivity index (χ1v) is 6.35. The van der Waals surface area contributed by atoms with Crippen LogP contribution in [0, 0.1) is 0 Å². The summed E-state index contributed by atoms with van der Waals surface area (Å²) in [6, 6.07) is 0. The van der Waals surface area contributed by atoms with Gasteiger partial charge in [-0.3, -0.25) is 4.79 Å². The number of nitrogens with one attached hydrogen (secondary N) is 1. The van der Waals surface area contributed by atoms with Crippen LogP contribution in [0.4, 0.5) is 0 Å². The molecule has 16 heavy (non-hydrogen) atoms. The minimum absolute atomic E-state index is 0.0543. The van der Waals surface area contributed by atoms with E-state index in [1.807, 2.05) is 20.8 Å². The van der Waals surface area contributed by atoms with Gasteiger partial charge in [0, 0.05) is 24.6 Å². The van der Waals surface area contributed by atoms with Crippen LogP contribution in [0.1, 0.15) is 39.0 Å². The molecular weight excluding hydrogens is 226 g/mol. The zero-order valence-corrected chi connectivity index (χ0v) is 10.6. The van der Waals surface area contributed by atoms with E-state index in [4.69, 9.17) is 4.42 Å². The standard InChI is InChI=1S/C10H17N3O2S/c1-4-11-8(14)5-6-16-10-13-12-9(15-10)7(2)3/h7H,4-6H2,1-3H3,(H,11,14). The second-order valence-electron chi connectivity index (χ2n) is 3.61. The van der Waals surface area contributed by atoms with E-state index < -0.39 is 0 Å². The Morgan fingerprint density at radius 1 is 1.50 bits per heavy atom. The second kappa shape index (κ2) is 6.52. The maximum Gasteiger partial charge on any atom is 0.276 e. The van der Waals surface area contributed by atoms with Crippen LogP contribution < -0.4 is 5.32 Å². The summed E-state index contributed by atoms with van der Waals surface area (Å²) in [5.74, 6) is 1.59. The first kappa shape index (κ1) is 13.0. The molecule has 0 aliphatic rings. The van der Waals surface area contributed by atoms with E-state index in [1.54, 1.807) is 0 Å². The molecule has 0 radical (unpaired) electrons. The van der Waals surface area contributed by atoms with Crippen LogP contribution in [0.2, 0.25) is 0 Å². The fraction of sp³-hybridized carbons (Fsp3) is 0.700. The van der Waals surface area contributed by atoms with Crippen LogP contribution in [0.15, 0.2) is 9.64 Å². The van der Waals surface area contributed by atoms with Gasteiger partial charge in [-0.1, -0.05) is 25.6 Å². The first-order valence-electron chi connectivity index (χ1n) is 5.36. The molecule has 6 heteroatoms. The SMILES string of the molecule is CCNC(=O)CCSc1nnc(C(C)C)o1. The molecule has 0 aromatic carbocycles. The summed E-state index contributed by atoms with van der Waals surface area (Å²) in [7, 11) is 0. The Bertz CT molecular complexity index is 339. The van der Waals surface area contributed by atoms with Crippen molar-refractivity contribution in [2.45, 2.75) is 38.3 Å². The average Bonchev–Trinajstić information content (AvgIpc) is 2.67. The van der Waals surface area contributed by atoms with Gasteiger partial charge < -0.3 is 9.73 Å². The van der Waals surface area contributed by atoms with Gasteiger partial charge in [0.2, 0.25) is 11.8 Å². The maximum absolute atomic E-state index is 11.2. The number of aromatic nitrogens is 2. The molecule has 0 spiro atoms. The minimum atomic E-state index is 0.0543. The summed E-state index contributed by atoms with van der Waals surface area (Å²) < 4.78 is 5.40. The van der Waals surface area contributed by atoms with Crippen molar-refractivity contribution in [3.05, 3.63) is 5.89 Å². The predicted molar refractivity (Wildman–Crippen MR) is 62.4 cm³/mol. The lowest BCUT2D eigenvalue weighted by atomic mass is 10.2. The molecule has 0 atom stereocenters. The van der Waals surface area contributed by atoms with E-state index >= 15 is 0 Å². The monoisotopic (exact) mass is 243 g/mol. The van der Waals surface area contributed by atoms with Gasteiger partial charge in [0.25, 0.3) is 5.22 Å². The molecule has 90 valence electrons. The zero-order valence-electron chi connectivity index (χ0n) is 9.82. The van der Waals surface area contributed by atoms with Crippen molar-refractivity contribution >= 4 is 17.7 Å². The third-order valence-corrected chi connectivity index (χ3v) is 2.66. The fourth-order valence-corrected chi connectivity index (χ4v) is 1.73. The third-order valence-electron chi connectivity index (χ3n) is 1.84. The van der Waals surface area contributed by atoms with Crippen LogP contribution in [-0.2, 0) is 4.79 Å². The van der Waals surface area contributed by atoms with Gasteiger partial charge in [0.05, 0.1) is 0 Å². The number of amides is 1. The summed E-state index contributed by atoms with van der Waals surface area (Å²) >= 11 is 1.41. The largest absolute Gasteiger partial charge is 0.416 e. The Kier molecular flexibility index (Phi) is 5.31. The lowest BCUT2D eigenvalue weighted by molar-refractivity contribution is -0.120. The Labute approximate surface area is 99.4 Å². The minimum Gasteiger partial charge on any atom is -0.416 e. The number of rotatable bonds is 6. The van der Waals surface area contributed by atoms with Crippen LogP contribution >= 0.6 is 11.8 Å². The van der Waals surface area contributed by atoms with Gasteiger partial charge >= 0.3 is 0 Å². The number of carbonyl (C=O) groups is 1. The van der Waals surface area contributed by atoms with Crippen molar-refractivity contribution in [1.82, 2.24) is 15.5 Å². The van der Waals surface area contributed by atoms with Crippen LogP contribution in [0.25, 0.3) is 0 Å². The molecular formula is C10H17N3O2S. The normalized spacial score (nSPS) is 10.8. The summed E-state index contributed by atoms with van der Waals surface area (Å²) in [5.41, 5.74) is 0. The van der Waals surface area contributed by atoms with Gasteiger partial charge in [-0.05, 0) is 6.92 Å². The lowest BCUT2D eigenvalue weighted by Crippen LogP contribution is -2.22. The topological polar surface area (TPSA) is 68.0 Å². The molecule has 0 bridgehead atoms. The highest BCUT2D eigenvalue weighted by Crippen LogP contribution is 2.20. The average molecular weight is 243 g/mol. The maximum atomic E-state index is 11.2. The Morgan fingerprint density at radius 2 is 2.25 bits per heavy atom. The van der Waals surface area contributed by atoms with Gasteiger partial charge in [-0.2, -0.15) is 0 Å². The molecule has 0 unspecified atom stereocenters. The van der Waals surface area contributed by atoms with Gasteiger partial charge in [0.1, 0.15) is 0 Å². The van der Waals surface area contributed by atoms with Crippen molar-refractivity contribution in [2.24, 2.45) is 0 Å². The van der Waals surface area contributed by atoms with E-state index in [2.05, 4.69) is 15.5 Å². The number of hydrogen-bond acceptors (Lipinski definition) is 5. The van der Waals surface area contributed by atoms with Crippen molar-refractivity contribution in [3.63, 3.8) is 0 Å². The number of thioether (sulfide) groups is 1. The van der Waals surface area contributed by atoms with Crippen molar-refractivity contribution in [2.75, 3.05) is 12.3 Å². The molecule has 0 aliphatic carbocycles. The molecule has 1 rings (SSSR count). The molecule has 1 amide bonds. The molecule has 1 aromatic rings. The van der Waals surface area contributed by atoms with Gasteiger partial charge in [-0.25, -0.2) is 0 Å². The molecule has 0 saturated carbocycles. The molecule has 1 heterocycles. The summed E-state index contributed by atoms with van der Waals surface area (Å²) in [6.07, 6.45) is 0.470. The Hall–Kier alpha value is -1.04. The highest BCUT2D eigenvalue weighted by Gasteiger charge is 2.10. The zero-order chi connectivity index (χ0) is 12.0. The lowest BCUT2D eigenvalue weighted by Gasteiger charge is -1.99. The number of carbonyl (C=O) groups excluding carboxylic acids is 1. The van der Waals surface area contributed by atoms with Crippen LogP contribution in [-0.4, -0.2) is 28.4 Å². The van der Waals surface area contributed by atoms with E-state index in [0.717, 1.165) is 0 Å². The highest BCUT2D eigenvalue weighted by atomic mass is 32.2. The molecule has 0 saturated heterocycles. The molecule has 1 aromatic heterocycles. The van der Waals surface area contributed by atoms with Crippen molar-refractivity contribution in [3.8, 4) is 0 Å². The van der Waals surface area contributed by atoms with Gasteiger partial charge in [0.15, 0.2) is 0 Å². The predicted octanol–water partition coefficient (Wildman–Crippen LogP) is 1.81. The second-order valence-corrected chi connectivity index (χ2v) is 4.66. The van der Waals surface area contributed by atoms with Crippen molar-refractivity contribution in [1.29, 1.82) is 0 Å². The summed E-state index contributed by atoms with van der Waals surface area (Å²) in [5, 5.41) is 11.1. The number of hydrogen-bond donors (Lipinski definition) is 1. The molecule has 0 fully saturated rings. The third kappa shape index (κ3) is 4.22. The quantitative estimate of drug-likeness (QED) is 0.772. The van der Waals surface area contributed by atoms with E-state index in [-0.39, 0.29) is 11.8 Å². The molecule has 1 N–H and O–H groups in total. The first-order chi connectivity index (χ1) is 7.63. The van der Waals surface area contributed by atoms with E-state index in [9.17, 15) is 4.79 Å².